The third-order valence-corrected chi connectivity index (χ3v) is 3.23. The molecule has 1 aromatic carbocycles. The van der Waals surface area contributed by atoms with Crippen LogP contribution in [0.4, 0.5) is 0 Å². The van der Waals surface area contributed by atoms with Crippen molar-refractivity contribution < 1.29 is 0 Å². The summed E-state index contributed by atoms with van der Waals surface area (Å²) in [5.41, 5.74) is 14.1. The Bertz CT molecular complexity index is 464. The first kappa shape index (κ1) is 11.6. The predicted octanol–water partition coefficient (Wildman–Crippen LogP) is -0.352. The highest BCUT2D eigenvalue weighted by atomic mass is 32.1. The summed E-state index contributed by atoms with van der Waals surface area (Å²) in [6.07, 6.45) is -0.0301. The average molecular weight is 280 g/mol. The smallest absolute Gasteiger partial charge is 0.182 e. The first-order valence-corrected chi connectivity index (χ1v) is 6.28. The predicted molar refractivity (Wildman–Crippen MR) is 75.9 cm³/mol. The highest BCUT2D eigenvalue weighted by Gasteiger charge is 2.22. The number of benzene rings is 1. The summed E-state index contributed by atoms with van der Waals surface area (Å²) in [6.45, 7) is 0. The third-order valence-electron chi connectivity index (χ3n) is 2.79. The molecule has 1 aromatic rings. The summed E-state index contributed by atoms with van der Waals surface area (Å²) in [6, 6.07) is 8.15. The van der Waals surface area contributed by atoms with Crippen LogP contribution in [-0.2, 0) is 0 Å². The molecule has 8 heteroatoms. The number of hydrogen-bond donors (Lipinski definition) is 6. The Morgan fingerprint density at radius 3 is 1.72 bits per heavy atom. The molecule has 2 aliphatic heterocycles. The molecule has 0 radical (unpaired) electrons. The Morgan fingerprint density at radius 2 is 1.33 bits per heavy atom. The summed E-state index contributed by atoms with van der Waals surface area (Å²) >= 11 is 10.0. The largest absolute Gasteiger partial charge is 0.341 e. The zero-order chi connectivity index (χ0) is 12.5. The second kappa shape index (κ2) is 4.65. The number of hydrazine groups is 2. The molecule has 6 N–H and O–H groups in total. The van der Waals surface area contributed by atoms with Gasteiger partial charge in [0.05, 0.1) is 0 Å². The fraction of sp³-hybridized carbons (Fsp3) is 0.200. The molecule has 18 heavy (non-hydrogen) atoms. The highest BCUT2D eigenvalue weighted by molar-refractivity contribution is 7.80. The van der Waals surface area contributed by atoms with Gasteiger partial charge in [-0.25, -0.2) is 10.9 Å². The molecular formula is C10H12N6S2. The second-order valence-corrected chi connectivity index (χ2v) is 4.84. The van der Waals surface area contributed by atoms with Crippen molar-refractivity contribution >= 4 is 34.7 Å². The van der Waals surface area contributed by atoms with E-state index in [0.717, 1.165) is 11.1 Å². The standard InChI is InChI=1S/C10H12N6S2/c17-9-11-7(13-15-9)5-2-1-3-6(4-5)8-12-10(18)16-14-8/h1-4,7-8,13-14H,(H2,11,15,17)(H2,12,16,18). The van der Waals surface area contributed by atoms with Crippen LogP contribution >= 0.6 is 24.4 Å². The van der Waals surface area contributed by atoms with Crippen LogP contribution in [0.3, 0.4) is 0 Å². The van der Waals surface area contributed by atoms with Crippen molar-refractivity contribution in [3.8, 4) is 0 Å². The molecule has 2 saturated heterocycles. The van der Waals surface area contributed by atoms with E-state index in [2.05, 4.69) is 38.4 Å². The SMILES string of the molecule is S=C1NNC(c2cccc(C3NNC(=S)N3)c2)N1. The van der Waals surface area contributed by atoms with E-state index >= 15 is 0 Å². The van der Waals surface area contributed by atoms with Crippen molar-refractivity contribution in [3.05, 3.63) is 35.4 Å². The normalized spacial score (nSPS) is 26.2. The lowest BCUT2D eigenvalue weighted by Crippen LogP contribution is -2.28. The molecule has 0 amide bonds. The summed E-state index contributed by atoms with van der Waals surface area (Å²) in [7, 11) is 0. The lowest BCUT2D eigenvalue weighted by Gasteiger charge is -2.14. The van der Waals surface area contributed by atoms with Gasteiger partial charge in [-0.3, -0.25) is 10.9 Å². The van der Waals surface area contributed by atoms with Crippen LogP contribution in [0, 0.1) is 0 Å². The number of nitrogens with one attached hydrogen (secondary N) is 6. The molecular weight excluding hydrogens is 268 g/mol. The van der Waals surface area contributed by atoms with E-state index in [1.165, 1.54) is 0 Å². The van der Waals surface area contributed by atoms with Gasteiger partial charge in [0.25, 0.3) is 0 Å². The lowest BCUT2D eigenvalue weighted by molar-refractivity contribution is 0.540. The van der Waals surface area contributed by atoms with Gasteiger partial charge in [-0.1, -0.05) is 18.2 Å². The van der Waals surface area contributed by atoms with Crippen LogP contribution in [0.1, 0.15) is 23.5 Å². The van der Waals surface area contributed by atoms with Gasteiger partial charge >= 0.3 is 0 Å². The van der Waals surface area contributed by atoms with Crippen LogP contribution in [0.2, 0.25) is 0 Å². The first-order valence-electron chi connectivity index (χ1n) is 5.46. The van der Waals surface area contributed by atoms with Gasteiger partial charge in [-0.15, -0.1) is 0 Å². The number of rotatable bonds is 2. The Hall–Kier alpha value is -1.48. The maximum atomic E-state index is 5.02. The van der Waals surface area contributed by atoms with Crippen LogP contribution in [0.25, 0.3) is 0 Å². The molecule has 0 spiro atoms. The van der Waals surface area contributed by atoms with Gasteiger partial charge < -0.3 is 10.6 Å². The fourth-order valence-corrected chi connectivity index (χ4v) is 2.29. The quantitative estimate of drug-likeness (QED) is 0.411. The summed E-state index contributed by atoms with van der Waals surface area (Å²) < 4.78 is 0. The molecule has 3 rings (SSSR count). The molecule has 0 aromatic heterocycles. The van der Waals surface area contributed by atoms with Gasteiger partial charge in [0.2, 0.25) is 0 Å². The highest BCUT2D eigenvalue weighted by Crippen LogP contribution is 2.18. The Balaban J connectivity index is 1.80. The molecule has 6 nitrogen and oxygen atoms in total. The van der Waals surface area contributed by atoms with E-state index in [-0.39, 0.29) is 12.3 Å². The van der Waals surface area contributed by atoms with E-state index in [9.17, 15) is 0 Å². The molecule has 2 unspecified atom stereocenters. The van der Waals surface area contributed by atoms with Gasteiger partial charge in [0.15, 0.2) is 10.2 Å². The molecule has 0 saturated carbocycles. The van der Waals surface area contributed by atoms with Crippen LogP contribution in [0.15, 0.2) is 24.3 Å². The molecule has 0 aliphatic carbocycles. The Labute approximate surface area is 115 Å². The monoisotopic (exact) mass is 280 g/mol. The average Bonchev–Trinajstić information content (AvgIpc) is 2.98. The zero-order valence-electron chi connectivity index (χ0n) is 9.28. The molecule has 2 heterocycles. The summed E-state index contributed by atoms with van der Waals surface area (Å²) in [4.78, 5) is 0. The fourth-order valence-electron chi connectivity index (χ4n) is 1.93. The second-order valence-electron chi connectivity index (χ2n) is 4.02. The minimum atomic E-state index is -0.0150. The van der Waals surface area contributed by atoms with Crippen molar-refractivity contribution in [2.24, 2.45) is 0 Å². The van der Waals surface area contributed by atoms with Crippen LogP contribution < -0.4 is 32.3 Å². The Morgan fingerprint density at radius 1 is 0.833 bits per heavy atom. The third kappa shape index (κ3) is 2.23. The van der Waals surface area contributed by atoms with E-state index in [0.29, 0.717) is 10.2 Å². The van der Waals surface area contributed by atoms with E-state index in [1.54, 1.807) is 0 Å². The van der Waals surface area contributed by atoms with Crippen molar-refractivity contribution in [2.45, 2.75) is 12.3 Å². The Kier molecular flexibility index (Phi) is 3.00. The number of hydrogen-bond acceptors (Lipinski definition) is 4. The van der Waals surface area contributed by atoms with E-state index in [4.69, 9.17) is 24.4 Å². The maximum absolute atomic E-state index is 5.02. The van der Waals surface area contributed by atoms with Gasteiger partial charge in [-0.05, 0) is 41.6 Å². The maximum Gasteiger partial charge on any atom is 0.182 e. The van der Waals surface area contributed by atoms with Crippen molar-refractivity contribution in [1.82, 2.24) is 32.3 Å². The van der Waals surface area contributed by atoms with Crippen molar-refractivity contribution in [2.75, 3.05) is 0 Å². The lowest BCUT2D eigenvalue weighted by atomic mass is 10.1. The van der Waals surface area contributed by atoms with Crippen molar-refractivity contribution in [1.29, 1.82) is 0 Å². The minimum absolute atomic E-state index is 0.0150. The first-order chi connectivity index (χ1) is 8.72. The minimum Gasteiger partial charge on any atom is -0.341 e. The van der Waals surface area contributed by atoms with Gasteiger partial charge in [-0.2, -0.15) is 0 Å². The zero-order valence-corrected chi connectivity index (χ0v) is 10.9. The van der Waals surface area contributed by atoms with Gasteiger partial charge in [0.1, 0.15) is 12.3 Å². The molecule has 0 bridgehead atoms. The molecule has 94 valence electrons. The topological polar surface area (TPSA) is 72.2 Å². The molecule has 2 fully saturated rings. The van der Waals surface area contributed by atoms with E-state index < -0.39 is 0 Å². The molecule has 2 aliphatic rings. The van der Waals surface area contributed by atoms with Gasteiger partial charge in [0, 0.05) is 0 Å². The van der Waals surface area contributed by atoms with Crippen LogP contribution in [-0.4, -0.2) is 10.2 Å². The van der Waals surface area contributed by atoms with Crippen LogP contribution in [0.5, 0.6) is 0 Å². The summed E-state index contributed by atoms with van der Waals surface area (Å²) in [5.74, 6) is 0. The molecule has 2 atom stereocenters. The number of thiocarbonyl (C=S) groups is 2. The van der Waals surface area contributed by atoms with Crippen molar-refractivity contribution in [3.63, 3.8) is 0 Å². The summed E-state index contributed by atoms with van der Waals surface area (Å²) in [5, 5.41) is 7.45. The van der Waals surface area contributed by atoms with E-state index in [1.807, 2.05) is 18.2 Å².